The van der Waals surface area contributed by atoms with Gasteiger partial charge in [0.15, 0.2) is 24.6 Å². The number of carbonyl (C=O) groups excluding carboxylic acids is 3. The van der Waals surface area contributed by atoms with E-state index >= 15 is 0 Å². The quantitative estimate of drug-likeness (QED) is 0.0228. The number of allylic oxidation sites excluding steroid dienone is 10. The van der Waals surface area contributed by atoms with E-state index in [0.29, 0.717) is 19.3 Å². The first-order chi connectivity index (χ1) is 34.6. The van der Waals surface area contributed by atoms with Crippen molar-refractivity contribution in [2.45, 2.75) is 276 Å². The lowest BCUT2D eigenvalue weighted by Gasteiger charge is -2.40. The molecule has 0 aromatic rings. The average Bonchev–Trinajstić information content (AvgIpc) is 3.35. The fourth-order valence-corrected chi connectivity index (χ4v) is 8.24. The van der Waals surface area contributed by atoms with E-state index in [4.69, 9.17) is 23.7 Å². The number of rotatable bonds is 47. The van der Waals surface area contributed by atoms with Crippen LogP contribution in [0.4, 0.5) is 0 Å². The number of aliphatic hydroxyl groups excluding tert-OH is 2. The van der Waals surface area contributed by atoms with Crippen molar-refractivity contribution >= 4 is 23.9 Å². The summed E-state index contributed by atoms with van der Waals surface area (Å²) in [6, 6.07) is 0. The number of esters is 3. The third-order valence-corrected chi connectivity index (χ3v) is 12.6. The molecule has 0 saturated carbocycles. The number of unbranched alkanes of at least 4 members (excludes halogenated alkanes) is 23. The summed E-state index contributed by atoms with van der Waals surface area (Å²) in [5.41, 5.74) is 0. The van der Waals surface area contributed by atoms with E-state index in [1.54, 1.807) is 0 Å². The molecular weight excluding hydrogens is 901 g/mol. The van der Waals surface area contributed by atoms with Crippen LogP contribution in [0, 0.1) is 0 Å². The van der Waals surface area contributed by atoms with Gasteiger partial charge in [-0.2, -0.15) is 0 Å². The van der Waals surface area contributed by atoms with Gasteiger partial charge in [-0.1, -0.05) is 197 Å². The van der Waals surface area contributed by atoms with Crippen LogP contribution in [0.25, 0.3) is 0 Å². The molecule has 1 heterocycles. The number of aliphatic hydroxyl groups is 2. The summed E-state index contributed by atoms with van der Waals surface area (Å²) in [7, 11) is 0. The molecule has 71 heavy (non-hydrogen) atoms. The Labute approximate surface area is 430 Å². The topological polar surface area (TPSA) is 175 Å². The van der Waals surface area contributed by atoms with Gasteiger partial charge in [0, 0.05) is 19.3 Å². The molecular formula is C59H100O12. The van der Waals surface area contributed by atoms with Crippen LogP contribution in [0.2, 0.25) is 0 Å². The molecule has 1 saturated heterocycles. The first-order valence-electron chi connectivity index (χ1n) is 28.3. The fraction of sp³-hybridized carbons (Fsp3) is 0.763. The van der Waals surface area contributed by atoms with Gasteiger partial charge >= 0.3 is 23.9 Å². The summed E-state index contributed by atoms with van der Waals surface area (Å²) in [6.07, 6.45) is 44.9. The summed E-state index contributed by atoms with van der Waals surface area (Å²) in [5, 5.41) is 31.4. The first kappa shape index (κ1) is 65.4. The minimum Gasteiger partial charge on any atom is -0.479 e. The Hall–Kier alpha value is -3.58. The van der Waals surface area contributed by atoms with Crippen molar-refractivity contribution in [1.82, 2.24) is 0 Å². The monoisotopic (exact) mass is 1000 g/mol. The number of hydrogen-bond donors (Lipinski definition) is 3. The highest BCUT2D eigenvalue weighted by molar-refractivity contribution is 5.74. The van der Waals surface area contributed by atoms with Crippen molar-refractivity contribution in [3.63, 3.8) is 0 Å². The Morgan fingerprint density at radius 2 is 0.887 bits per heavy atom. The van der Waals surface area contributed by atoms with Gasteiger partial charge in [0.2, 0.25) is 0 Å². The molecule has 12 nitrogen and oxygen atoms in total. The van der Waals surface area contributed by atoms with Crippen molar-refractivity contribution in [3.8, 4) is 0 Å². The molecule has 0 spiro atoms. The standard InChI is InChI=1S/C59H100O12/c1-4-7-10-13-16-19-21-23-25-26-28-30-32-35-38-41-44-47-53(62)70-57-55(64)54(63)56(58(65)66)71-59(57)68-49-50(69-52(61)46-43-40-37-33-18-15-12-9-6-3)48-67-51(60)45-42-39-36-34-31-29-27-24-22-20-17-14-11-8-5-2/h7,10,16-17,19-20,23-25,27,50,54-57,59,63-64H,4-6,8-9,11-15,18,21-22,26,28-49H2,1-3H3,(H,65,66)/b10-7-,19-16-,20-17-,25-23-,27-24-. The molecule has 1 aliphatic heterocycles. The molecule has 0 aromatic carbocycles. The lowest BCUT2D eigenvalue weighted by atomic mass is 9.98. The van der Waals surface area contributed by atoms with Gasteiger partial charge < -0.3 is 39.0 Å². The number of aliphatic carboxylic acids is 1. The zero-order valence-electron chi connectivity index (χ0n) is 44.7. The van der Waals surface area contributed by atoms with E-state index in [-0.39, 0.29) is 25.9 Å². The van der Waals surface area contributed by atoms with Crippen LogP contribution >= 0.6 is 0 Å². The molecule has 1 fully saturated rings. The summed E-state index contributed by atoms with van der Waals surface area (Å²) < 4.78 is 28.3. The maximum atomic E-state index is 13.0. The predicted octanol–water partition coefficient (Wildman–Crippen LogP) is 14.0. The van der Waals surface area contributed by atoms with Crippen LogP contribution in [0.3, 0.4) is 0 Å². The zero-order chi connectivity index (χ0) is 51.8. The lowest BCUT2D eigenvalue weighted by Crippen LogP contribution is -2.61. The second kappa shape index (κ2) is 47.4. The van der Waals surface area contributed by atoms with Crippen molar-refractivity contribution in [1.29, 1.82) is 0 Å². The highest BCUT2D eigenvalue weighted by Crippen LogP contribution is 2.26. The van der Waals surface area contributed by atoms with E-state index in [2.05, 4.69) is 81.5 Å². The first-order valence-corrected chi connectivity index (χ1v) is 28.3. The number of carboxylic acid groups (broad SMARTS) is 1. The van der Waals surface area contributed by atoms with Crippen LogP contribution in [0.15, 0.2) is 60.8 Å². The highest BCUT2D eigenvalue weighted by Gasteiger charge is 2.50. The molecule has 0 amide bonds. The normalized spacial score (nSPS) is 18.9. The summed E-state index contributed by atoms with van der Waals surface area (Å²) >= 11 is 0. The number of hydrogen-bond acceptors (Lipinski definition) is 11. The van der Waals surface area contributed by atoms with Crippen molar-refractivity contribution in [3.05, 3.63) is 60.8 Å². The van der Waals surface area contributed by atoms with Gasteiger partial charge in [0.1, 0.15) is 18.8 Å². The molecule has 0 bridgehead atoms. The molecule has 6 unspecified atom stereocenters. The molecule has 12 heteroatoms. The molecule has 1 aliphatic rings. The van der Waals surface area contributed by atoms with Gasteiger partial charge in [-0.25, -0.2) is 4.79 Å². The van der Waals surface area contributed by atoms with Crippen LogP contribution in [0.5, 0.6) is 0 Å². The van der Waals surface area contributed by atoms with Crippen LogP contribution in [-0.4, -0.2) is 89.2 Å². The average molecular weight is 1000 g/mol. The molecule has 0 aromatic heterocycles. The Morgan fingerprint density at radius 1 is 0.479 bits per heavy atom. The maximum Gasteiger partial charge on any atom is 0.335 e. The predicted molar refractivity (Wildman–Crippen MR) is 285 cm³/mol. The van der Waals surface area contributed by atoms with E-state index in [0.717, 1.165) is 128 Å². The molecule has 0 aliphatic carbocycles. The van der Waals surface area contributed by atoms with Crippen molar-refractivity contribution < 1.29 is 58.2 Å². The third-order valence-electron chi connectivity index (χ3n) is 12.6. The largest absolute Gasteiger partial charge is 0.479 e. The Bertz CT molecular complexity index is 1470. The minimum absolute atomic E-state index is 0.0479. The third kappa shape index (κ3) is 37.8. The summed E-state index contributed by atoms with van der Waals surface area (Å²) in [4.78, 5) is 50.9. The van der Waals surface area contributed by atoms with E-state index in [1.807, 2.05) is 0 Å². The smallest absolute Gasteiger partial charge is 0.335 e. The zero-order valence-corrected chi connectivity index (χ0v) is 44.7. The molecule has 408 valence electrons. The van der Waals surface area contributed by atoms with Crippen LogP contribution in [-0.2, 0) is 42.9 Å². The van der Waals surface area contributed by atoms with Gasteiger partial charge in [-0.3, -0.25) is 14.4 Å². The molecule has 0 radical (unpaired) electrons. The molecule has 3 N–H and O–H groups in total. The summed E-state index contributed by atoms with van der Waals surface area (Å²) in [5.74, 6) is -3.15. The number of carboxylic acids is 1. The van der Waals surface area contributed by atoms with E-state index in [9.17, 15) is 34.5 Å². The molecule has 1 rings (SSSR count). The van der Waals surface area contributed by atoms with Crippen molar-refractivity contribution in [2.24, 2.45) is 0 Å². The van der Waals surface area contributed by atoms with Gasteiger partial charge in [0.25, 0.3) is 0 Å². The lowest BCUT2D eigenvalue weighted by molar-refractivity contribution is -0.301. The summed E-state index contributed by atoms with van der Waals surface area (Å²) in [6.45, 7) is 5.81. The highest BCUT2D eigenvalue weighted by atomic mass is 16.7. The van der Waals surface area contributed by atoms with Gasteiger partial charge in [-0.15, -0.1) is 0 Å². The maximum absolute atomic E-state index is 13.0. The minimum atomic E-state index is -1.91. The second-order valence-electron chi connectivity index (χ2n) is 19.2. The van der Waals surface area contributed by atoms with Gasteiger partial charge in [-0.05, 0) is 83.5 Å². The Morgan fingerprint density at radius 3 is 1.38 bits per heavy atom. The Kier molecular flexibility index (Phi) is 43.7. The van der Waals surface area contributed by atoms with E-state index in [1.165, 1.54) is 51.4 Å². The van der Waals surface area contributed by atoms with Gasteiger partial charge in [0.05, 0.1) is 6.61 Å². The number of ether oxygens (including phenoxy) is 5. The Balaban J connectivity index is 2.67. The van der Waals surface area contributed by atoms with Crippen molar-refractivity contribution in [2.75, 3.05) is 13.2 Å². The molecule has 6 atom stereocenters. The second-order valence-corrected chi connectivity index (χ2v) is 19.2. The van der Waals surface area contributed by atoms with Crippen LogP contribution in [0.1, 0.15) is 239 Å². The fourth-order valence-electron chi connectivity index (χ4n) is 8.24. The van der Waals surface area contributed by atoms with E-state index < -0.39 is 67.3 Å². The number of carbonyl (C=O) groups is 4. The SMILES string of the molecule is CC/C=C\C/C=C\C/C=C\CCCCCCCCCC(=O)OC1C(OCC(COC(=O)CCCCCCC/C=C\C/C=C\CCCCC)OC(=O)CCCCCCCCCCC)OC(C(=O)O)C(O)C1O. The van der Waals surface area contributed by atoms with Crippen LogP contribution < -0.4 is 0 Å².